The molecule has 1 unspecified atom stereocenters. The fourth-order valence-electron chi connectivity index (χ4n) is 4.21. The Morgan fingerprint density at radius 3 is 2.23 bits per heavy atom. The molecule has 0 aliphatic heterocycles. The van der Waals surface area contributed by atoms with Gasteiger partial charge in [0.15, 0.2) is 0 Å². The van der Waals surface area contributed by atoms with Gasteiger partial charge in [-0.05, 0) is 36.0 Å². The second-order valence-corrected chi connectivity index (χ2v) is 8.03. The zero-order chi connectivity index (χ0) is 22.1. The van der Waals surface area contributed by atoms with Crippen LogP contribution in [0.1, 0.15) is 68.3 Å². The third kappa shape index (κ3) is 5.74. The average molecular weight is 417 g/mol. The second-order valence-electron chi connectivity index (χ2n) is 8.03. The highest BCUT2D eigenvalue weighted by Gasteiger charge is 2.15. The molecule has 31 heavy (non-hydrogen) atoms. The molecule has 0 fully saturated rings. The van der Waals surface area contributed by atoms with Crippen LogP contribution in [0.4, 0.5) is 0 Å². The predicted molar refractivity (Wildman–Crippen MR) is 131 cm³/mol. The van der Waals surface area contributed by atoms with Gasteiger partial charge in [0.25, 0.3) is 0 Å². The molecular weight excluding hydrogens is 380 g/mol. The van der Waals surface area contributed by atoms with Crippen LogP contribution in [-0.2, 0) is 19.4 Å². The summed E-state index contributed by atoms with van der Waals surface area (Å²) in [5.74, 6) is 0.896. The zero-order valence-corrected chi connectivity index (χ0v) is 19.4. The van der Waals surface area contributed by atoms with Crippen molar-refractivity contribution in [2.24, 2.45) is 0 Å². The Morgan fingerprint density at radius 2 is 1.61 bits per heavy atom. The number of benzene rings is 2. The molecule has 0 bridgehead atoms. The summed E-state index contributed by atoms with van der Waals surface area (Å²) in [6.45, 7) is 7.38. The minimum atomic E-state index is 0.332. The molecule has 1 N–H and O–H groups in total. The summed E-state index contributed by atoms with van der Waals surface area (Å²) in [6, 6.07) is 19.7. The molecule has 0 aliphatic carbocycles. The first-order chi connectivity index (χ1) is 15.2. The molecule has 2 aromatic carbocycles. The lowest BCUT2D eigenvalue weighted by Crippen LogP contribution is -2.21. The molecule has 3 rings (SSSR count). The molecule has 1 aromatic heterocycles. The van der Waals surface area contributed by atoms with Gasteiger partial charge in [-0.15, -0.1) is 0 Å². The minimum absolute atomic E-state index is 0.332. The summed E-state index contributed by atoms with van der Waals surface area (Å²) in [4.78, 5) is 4.87. The molecule has 3 aromatic rings. The maximum Gasteiger partial charge on any atom is 0.127 e. The molecular formula is C28H36N2O. The smallest absolute Gasteiger partial charge is 0.127 e. The van der Waals surface area contributed by atoms with Crippen LogP contribution < -0.4 is 10.1 Å². The summed E-state index contributed by atoms with van der Waals surface area (Å²) in [5, 5.41) is 3.75. The second kappa shape index (κ2) is 11.7. The van der Waals surface area contributed by atoms with Crippen LogP contribution in [0, 0.1) is 0 Å². The number of nitrogens with zero attached hydrogens (tertiary/aromatic N) is 1. The molecule has 164 valence electrons. The molecule has 0 saturated heterocycles. The molecule has 0 radical (unpaired) electrons. The number of aryl methyl sites for hydroxylation is 2. The van der Waals surface area contributed by atoms with Crippen LogP contribution in [0.3, 0.4) is 0 Å². The standard InChI is InChI=1S/C28H36N2O/c1-5-8-17-25(23-13-10-9-11-14-23)29-19-24-20-30-26(18-27(24)31-4)28-21(6-2)15-12-16-22(28)7-3/h9-16,18,20,25,29H,5-8,17,19H2,1-4H3. The Kier molecular flexibility index (Phi) is 8.66. The predicted octanol–water partition coefficient (Wildman–Crippen LogP) is 6.90. The van der Waals surface area contributed by atoms with Crippen LogP contribution >= 0.6 is 0 Å². The normalized spacial score (nSPS) is 12.0. The van der Waals surface area contributed by atoms with Crippen LogP contribution in [0.5, 0.6) is 5.75 Å². The first-order valence-corrected chi connectivity index (χ1v) is 11.6. The van der Waals surface area contributed by atoms with Gasteiger partial charge in [0, 0.05) is 36.0 Å². The first-order valence-electron chi connectivity index (χ1n) is 11.6. The Bertz CT molecular complexity index is 930. The van der Waals surface area contributed by atoms with Gasteiger partial charge in [-0.2, -0.15) is 0 Å². The molecule has 3 nitrogen and oxygen atoms in total. The van der Waals surface area contributed by atoms with Crippen molar-refractivity contribution in [1.82, 2.24) is 10.3 Å². The van der Waals surface area contributed by atoms with Crippen molar-refractivity contribution >= 4 is 0 Å². The van der Waals surface area contributed by atoms with Gasteiger partial charge >= 0.3 is 0 Å². The molecule has 1 atom stereocenters. The maximum absolute atomic E-state index is 5.79. The van der Waals surface area contributed by atoms with Crippen LogP contribution in [-0.4, -0.2) is 12.1 Å². The van der Waals surface area contributed by atoms with Crippen LogP contribution in [0.15, 0.2) is 60.8 Å². The van der Waals surface area contributed by atoms with E-state index in [2.05, 4.69) is 80.7 Å². The monoisotopic (exact) mass is 416 g/mol. The van der Waals surface area contributed by atoms with E-state index in [0.29, 0.717) is 6.04 Å². The fraction of sp³-hybridized carbons (Fsp3) is 0.393. The number of hydrogen-bond donors (Lipinski definition) is 1. The van der Waals surface area contributed by atoms with E-state index in [4.69, 9.17) is 9.72 Å². The highest BCUT2D eigenvalue weighted by Crippen LogP contribution is 2.31. The number of ether oxygens (including phenoxy) is 1. The van der Waals surface area contributed by atoms with E-state index in [-0.39, 0.29) is 0 Å². The third-order valence-corrected chi connectivity index (χ3v) is 6.01. The van der Waals surface area contributed by atoms with Crippen LogP contribution in [0.2, 0.25) is 0 Å². The molecule has 0 aliphatic rings. The lowest BCUT2D eigenvalue weighted by molar-refractivity contribution is 0.402. The van der Waals surface area contributed by atoms with Gasteiger partial charge in [0.1, 0.15) is 5.75 Å². The van der Waals surface area contributed by atoms with Gasteiger partial charge in [0.05, 0.1) is 12.8 Å². The Balaban J connectivity index is 1.85. The van der Waals surface area contributed by atoms with Crippen molar-refractivity contribution in [3.8, 4) is 17.0 Å². The number of rotatable bonds is 11. The van der Waals surface area contributed by atoms with Crippen LogP contribution in [0.25, 0.3) is 11.3 Å². The third-order valence-electron chi connectivity index (χ3n) is 6.01. The number of pyridine rings is 1. The first kappa shape index (κ1) is 23.0. The summed E-state index contributed by atoms with van der Waals surface area (Å²) in [5.41, 5.74) is 7.36. The Hall–Kier alpha value is -2.65. The van der Waals surface area contributed by atoms with E-state index >= 15 is 0 Å². The van der Waals surface area contributed by atoms with Crippen molar-refractivity contribution < 1.29 is 4.74 Å². The number of methoxy groups -OCH3 is 1. The van der Waals surface area contributed by atoms with E-state index in [0.717, 1.165) is 42.8 Å². The largest absolute Gasteiger partial charge is 0.496 e. The number of aromatic nitrogens is 1. The number of hydrogen-bond acceptors (Lipinski definition) is 3. The summed E-state index contributed by atoms with van der Waals surface area (Å²) in [7, 11) is 1.75. The highest BCUT2D eigenvalue weighted by molar-refractivity contribution is 5.69. The van der Waals surface area contributed by atoms with Gasteiger partial charge in [-0.3, -0.25) is 4.98 Å². The van der Waals surface area contributed by atoms with Gasteiger partial charge < -0.3 is 10.1 Å². The topological polar surface area (TPSA) is 34.2 Å². The summed E-state index contributed by atoms with van der Waals surface area (Å²) >= 11 is 0. The SMILES string of the molecule is CCCCC(NCc1cnc(-c2c(CC)cccc2CC)cc1OC)c1ccccc1. The molecule has 1 heterocycles. The Labute approximate surface area is 187 Å². The van der Waals surface area contributed by atoms with Crippen molar-refractivity contribution in [3.63, 3.8) is 0 Å². The van der Waals surface area contributed by atoms with E-state index in [9.17, 15) is 0 Å². The summed E-state index contributed by atoms with van der Waals surface area (Å²) in [6.07, 6.45) is 7.49. The summed E-state index contributed by atoms with van der Waals surface area (Å²) < 4.78 is 5.79. The minimum Gasteiger partial charge on any atom is -0.496 e. The van der Waals surface area contributed by atoms with Gasteiger partial charge in [0.2, 0.25) is 0 Å². The van der Waals surface area contributed by atoms with Gasteiger partial charge in [-0.25, -0.2) is 0 Å². The van der Waals surface area contributed by atoms with E-state index in [1.54, 1.807) is 7.11 Å². The fourth-order valence-corrected chi connectivity index (χ4v) is 4.21. The van der Waals surface area contributed by atoms with Crippen molar-refractivity contribution in [2.75, 3.05) is 7.11 Å². The quantitative estimate of drug-likeness (QED) is 0.369. The Morgan fingerprint density at radius 1 is 0.903 bits per heavy atom. The lowest BCUT2D eigenvalue weighted by atomic mass is 9.94. The van der Waals surface area contributed by atoms with E-state index < -0.39 is 0 Å². The van der Waals surface area contributed by atoms with Crippen molar-refractivity contribution in [3.05, 3.63) is 83.0 Å². The molecule has 0 amide bonds. The average Bonchev–Trinajstić information content (AvgIpc) is 2.84. The van der Waals surface area contributed by atoms with Crippen molar-refractivity contribution in [1.29, 1.82) is 0 Å². The maximum atomic E-state index is 5.79. The number of nitrogens with one attached hydrogen (secondary N) is 1. The van der Waals surface area contributed by atoms with Gasteiger partial charge in [-0.1, -0.05) is 82.1 Å². The molecule has 0 spiro atoms. The lowest BCUT2D eigenvalue weighted by Gasteiger charge is -2.20. The zero-order valence-electron chi connectivity index (χ0n) is 19.4. The molecule has 0 saturated carbocycles. The molecule has 3 heteroatoms. The highest BCUT2D eigenvalue weighted by atomic mass is 16.5. The van der Waals surface area contributed by atoms with Crippen molar-refractivity contribution in [2.45, 2.75) is 65.5 Å². The van der Waals surface area contributed by atoms with E-state index in [1.165, 1.54) is 35.1 Å². The number of unbranched alkanes of at least 4 members (excludes halogenated alkanes) is 1. The van der Waals surface area contributed by atoms with E-state index in [1.807, 2.05) is 6.20 Å².